The van der Waals surface area contributed by atoms with E-state index < -0.39 is 0 Å². The fourth-order valence-electron chi connectivity index (χ4n) is 2.53. The lowest BCUT2D eigenvalue weighted by Gasteiger charge is -2.31. The summed E-state index contributed by atoms with van der Waals surface area (Å²) in [5.41, 5.74) is 7.59. The van der Waals surface area contributed by atoms with Crippen molar-refractivity contribution in [3.8, 4) is 0 Å². The highest BCUT2D eigenvalue weighted by molar-refractivity contribution is 7.98. The molecule has 8 heteroatoms. The van der Waals surface area contributed by atoms with Crippen molar-refractivity contribution in [3.63, 3.8) is 0 Å². The number of aromatic nitrogens is 3. The molecule has 0 amide bonds. The quantitative estimate of drug-likeness (QED) is 0.290. The zero-order chi connectivity index (χ0) is 14.8. The van der Waals surface area contributed by atoms with Crippen LogP contribution in [0.15, 0.2) is 34.6 Å². The Labute approximate surface area is 126 Å². The first-order valence-corrected chi connectivity index (χ1v) is 7.73. The second-order valence-electron chi connectivity index (χ2n) is 4.70. The first-order chi connectivity index (χ1) is 10.2. The lowest BCUT2D eigenvalue weighted by atomic mass is 10.1. The minimum Gasteiger partial charge on any atom is -0.409 e. The lowest BCUT2D eigenvalue weighted by Crippen LogP contribution is -2.35. The van der Waals surface area contributed by atoms with Crippen LogP contribution >= 0.6 is 11.8 Å². The third-order valence-electron chi connectivity index (χ3n) is 3.57. The number of oxime groups is 1. The predicted molar refractivity (Wildman–Crippen MR) is 81.8 cm³/mol. The highest BCUT2D eigenvalue weighted by atomic mass is 32.2. The summed E-state index contributed by atoms with van der Waals surface area (Å²) >= 11 is 1.57. The largest absolute Gasteiger partial charge is 0.409 e. The summed E-state index contributed by atoms with van der Waals surface area (Å²) in [6.45, 7) is 2.31. The molecule has 3 N–H and O–H groups in total. The Morgan fingerprint density at radius 1 is 1.43 bits per heavy atom. The van der Waals surface area contributed by atoms with Gasteiger partial charge in [-0.3, -0.25) is 0 Å². The Kier molecular flexibility index (Phi) is 3.70. The topological polar surface area (TPSA) is 92.6 Å². The number of fused-ring (bicyclic) bond motifs is 1. The number of benzene rings is 1. The summed E-state index contributed by atoms with van der Waals surface area (Å²) in [6, 6.07) is 5.93. The Morgan fingerprint density at radius 2 is 2.29 bits per heavy atom. The summed E-state index contributed by atoms with van der Waals surface area (Å²) in [5, 5.41) is 20.3. The molecule has 2 heterocycles. The van der Waals surface area contributed by atoms with Crippen molar-refractivity contribution >= 4 is 23.3 Å². The van der Waals surface area contributed by atoms with E-state index >= 15 is 0 Å². The number of thioether (sulfide) groups is 1. The van der Waals surface area contributed by atoms with Gasteiger partial charge in [0.2, 0.25) is 0 Å². The predicted octanol–water partition coefficient (Wildman–Crippen LogP) is 1.11. The van der Waals surface area contributed by atoms with Gasteiger partial charge in [0, 0.05) is 23.7 Å². The molecule has 3 rings (SSSR count). The molecule has 21 heavy (non-hydrogen) atoms. The van der Waals surface area contributed by atoms with Crippen LogP contribution in [0.2, 0.25) is 0 Å². The summed E-state index contributed by atoms with van der Waals surface area (Å²) in [6.07, 6.45) is 3.72. The highest BCUT2D eigenvalue weighted by Crippen LogP contribution is 2.31. The van der Waals surface area contributed by atoms with Gasteiger partial charge in [0.25, 0.3) is 0 Å². The molecule has 0 spiro atoms. The molecule has 0 saturated heterocycles. The molecule has 7 nitrogen and oxygen atoms in total. The van der Waals surface area contributed by atoms with Gasteiger partial charge in [-0.1, -0.05) is 11.2 Å². The number of nitrogens with zero attached hydrogens (tertiary/aromatic N) is 5. The van der Waals surface area contributed by atoms with Crippen LogP contribution in [0, 0.1) is 0 Å². The van der Waals surface area contributed by atoms with Crippen LogP contribution in [0.4, 0.5) is 5.69 Å². The van der Waals surface area contributed by atoms with E-state index in [0.29, 0.717) is 6.54 Å². The third kappa shape index (κ3) is 2.42. The molecule has 0 unspecified atom stereocenters. The molecule has 0 aliphatic carbocycles. The fourth-order valence-corrected chi connectivity index (χ4v) is 3.16. The van der Waals surface area contributed by atoms with Gasteiger partial charge >= 0.3 is 0 Å². The minimum absolute atomic E-state index is 0.127. The van der Waals surface area contributed by atoms with Crippen molar-refractivity contribution in [3.05, 3.63) is 35.9 Å². The van der Waals surface area contributed by atoms with Crippen LogP contribution in [-0.2, 0) is 13.1 Å². The molecule has 0 saturated carbocycles. The molecular formula is C13H16N6OS. The Morgan fingerprint density at radius 3 is 3.05 bits per heavy atom. The summed E-state index contributed by atoms with van der Waals surface area (Å²) in [7, 11) is 0. The van der Waals surface area contributed by atoms with Crippen LogP contribution in [0.5, 0.6) is 0 Å². The monoisotopic (exact) mass is 304 g/mol. The van der Waals surface area contributed by atoms with E-state index in [9.17, 15) is 0 Å². The van der Waals surface area contributed by atoms with Crippen molar-refractivity contribution in [2.24, 2.45) is 10.9 Å². The van der Waals surface area contributed by atoms with E-state index in [2.05, 4.69) is 20.3 Å². The number of nitrogens with two attached hydrogens (primary N) is 1. The second-order valence-corrected chi connectivity index (χ2v) is 5.55. The first-order valence-electron chi connectivity index (χ1n) is 6.51. The molecule has 0 radical (unpaired) electrons. The van der Waals surface area contributed by atoms with E-state index in [1.54, 1.807) is 18.1 Å². The standard InChI is InChI=1S/C13H16N6OS/c1-21-10-4-2-3-9(12(10)13(14)17-20)18-5-6-19-8-15-16-11(19)7-18/h2-4,8,20H,5-7H2,1H3,(H2,14,17). The van der Waals surface area contributed by atoms with Crippen molar-refractivity contribution in [1.82, 2.24) is 14.8 Å². The van der Waals surface area contributed by atoms with Gasteiger partial charge < -0.3 is 20.4 Å². The molecule has 0 bridgehead atoms. The zero-order valence-corrected chi connectivity index (χ0v) is 12.4. The number of amidine groups is 1. The fraction of sp³-hybridized carbons (Fsp3) is 0.308. The first kappa shape index (κ1) is 13.7. The van der Waals surface area contributed by atoms with Crippen LogP contribution < -0.4 is 10.6 Å². The zero-order valence-electron chi connectivity index (χ0n) is 11.6. The maximum atomic E-state index is 9.06. The van der Waals surface area contributed by atoms with Gasteiger partial charge in [0.15, 0.2) is 11.7 Å². The van der Waals surface area contributed by atoms with Crippen LogP contribution in [-0.4, -0.2) is 38.6 Å². The highest BCUT2D eigenvalue weighted by Gasteiger charge is 2.22. The smallest absolute Gasteiger partial charge is 0.173 e. The van der Waals surface area contributed by atoms with Gasteiger partial charge in [-0.15, -0.1) is 22.0 Å². The van der Waals surface area contributed by atoms with Gasteiger partial charge in [-0.25, -0.2) is 0 Å². The Hall–Kier alpha value is -2.22. The van der Waals surface area contributed by atoms with Gasteiger partial charge in [0.05, 0.1) is 12.1 Å². The van der Waals surface area contributed by atoms with E-state index in [-0.39, 0.29) is 5.84 Å². The lowest BCUT2D eigenvalue weighted by molar-refractivity contribution is 0.318. The average Bonchev–Trinajstić information content (AvgIpc) is 3.00. The van der Waals surface area contributed by atoms with Gasteiger partial charge in [0.1, 0.15) is 6.33 Å². The van der Waals surface area contributed by atoms with E-state index in [1.165, 1.54) is 0 Å². The average molecular weight is 304 g/mol. The van der Waals surface area contributed by atoms with E-state index in [4.69, 9.17) is 10.9 Å². The number of hydrogen-bond acceptors (Lipinski definition) is 6. The molecule has 1 aliphatic heterocycles. The maximum Gasteiger partial charge on any atom is 0.173 e. The number of hydrogen-bond donors (Lipinski definition) is 2. The van der Waals surface area contributed by atoms with Crippen molar-refractivity contribution in [2.75, 3.05) is 17.7 Å². The van der Waals surface area contributed by atoms with E-state index in [0.717, 1.165) is 35.1 Å². The van der Waals surface area contributed by atoms with Crippen molar-refractivity contribution in [2.45, 2.75) is 18.0 Å². The molecule has 110 valence electrons. The molecule has 0 fully saturated rings. The number of anilines is 1. The summed E-state index contributed by atoms with van der Waals surface area (Å²) in [5.74, 6) is 1.04. The second kappa shape index (κ2) is 5.65. The van der Waals surface area contributed by atoms with Gasteiger partial charge in [-0.2, -0.15) is 0 Å². The van der Waals surface area contributed by atoms with E-state index in [1.807, 2.05) is 29.0 Å². The Bertz CT molecular complexity index is 683. The van der Waals surface area contributed by atoms with Crippen LogP contribution in [0.25, 0.3) is 0 Å². The van der Waals surface area contributed by atoms with Crippen LogP contribution in [0.3, 0.4) is 0 Å². The van der Waals surface area contributed by atoms with Crippen molar-refractivity contribution in [1.29, 1.82) is 0 Å². The minimum atomic E-state index is 0.127. The molecule has 1 aliphatic rings. The maximum absolute atomic E-state index is 9.06. The molecule has 0 atom stereocenters. The summed E-state index contributed by atoms with van der Waals surface area (Å²) in [4.78, 5) is 3.16. The van der Waals surface area contributed by atoms with Crippen molar-refractivity contribution < 1.29 is 5.21 Å². The number of rotatable bonds is 3. The Balaban J connectivity index is 2.03. The van der Waals surface area contributed by atoms with Gasteiger partial charge in [-0.05, 0) is 18.4 Å². The molecule has 2 aromatic rings. The molecular weight excluding hydrogens is 288 g/mol. The summed E-state index contributed by atoms with van der Waals surface area (Å²) < 4.78 is 2.04. The van der Waals surface area contributed by atoms with Crippen LogP contribution in [0.1, 0.15) is 11.4 Å². The SMILES string of the molecule is CSc1cccc(N2CCn3cnnc3C2)c1/C(N)=N/O. The molecule has 1 aromatic heterocycles. The third-order valence-corrected chi connectivity index (χ3v) is 4.35. The normalized spacial score (nSPS) is 15.1. The molecule has 1 aromatic carbocycles.